The number of esters is 1. The molecule has 0 aromatic heterocycles. The fourth-order valence-electron chi connectivity index (χ4n) is 2.42. The van der Waals surface area contributed by atoms with Crippen LogP contribution in [0.3, 0.4) is 0 Å². The van der Waals surface area contributed by atoms with Crippen molar-refractivity contribution in [1.29, 1.82) is 0 Å². The zero-order valence-corrected chi connectivity index (χ0v) is 10.2. The van der Waals surface area contributed by atoms with Crippen molar-refractivity contribution in [2.45, 2.75) is 50.6 Å². The maximum absolute atomic E-state index is 11.4. The molecule has 1 fully saturated rings. The fraction of sp³-hybridized carbons (Fsp3) is 0.909. The topological polar surface area (TPSA) is 101 Å². The monoisotopic (exact) mass is 240 g/mol. The summed E-state index contributed by atoms with van der Waals surface area (Å²) < 4.78 is 4.59. The lowest BCUT2D eigenvalue weighted by Gasteiger charge is -2.26. The van der Waals surface area contributed by atoms with Gasteiger partial charge >= 0.3 is 5.97 Å². The molecule has 17 heavy (non-hydrogen) atoms. The molecule has 0 unspecified atom stereocenters. The highest BCUT2D eigenvalue weighted by Gasteiger charge is 2.28. The van der Waals surface area contributed by atoms with E-state index in [0.29, 0.717) is 5.92 Å². The van der Waals surface area contributed by atoms with Crippen molar-refractivity contribution in [3.05, 3.63) is 10.4 Å². The molecule has 0 aromatic carbocycles. The maximum Gasteiger partial charge on any atom is 0.316 e. The van der Waals surface area contributed by atoms with E-state index in [0.717, 1.165) is 19.3 Å². The summed E-state index contributed by atoms with van der Waals surface area (Å²) in [5.41, 5.74) is 14.4. The zero-order chi connectivity index (χ0) is 12.7. The summed E-state index contributed by atoms with van der Waals surface area (Å²) in [6, 6.07) is -1.34. The Balaban J connectivity index is 2.54. The molecule has 0 saturated heterocycles. The third kappa shape index (κ3) is 4.24. The van der Waals surface area contributed by atoms with E-state index in [2.05, 4.69) is 14.8 Å². The minimum Gasteiger partial charge on any atom is -0.469 e. The van der Waals surface area contributed by atoms with Gasteiger partial charge in [0.2, 0.25) is 0 Å². The summed E-state index contributed by atoms with van der Waals surface area (Å²) >= 11 is 0. The number of hydrogen-bond acceptors (Lipinski definition) is 4. The van der Waals surface area contributed by atoms with Crippen LogP contribution < -0.4 is 5.73 Å². The molecule has 1 saturated carbocycles. The lowest BCUT2D eigenvalue weighted by atomic mass is 9.83. The van der Waals surface area contributed by atoms with Gasteiger partial charge in [0, 0.05) is 11.0 Å². The molecule has 0 heterocycles. The van der Waals surface area contributed by atoms with Gasteiger partial charge in [-0.05, 0) is 17.9 Å². The molecule has 0 radical (unpaired) electrons. The van der Waals surface area contributed by atoms with E-state index in [1.54, 1.807) is 0 Å². The Hall–Kier alpha value is -1.26. The number of azide groups is 1. The van der Waals surface area contributed by atoms with E-state index in [1.807, 2.05) is 0 Å². The van der Waals surface area contributed by atoms with E-state index in [9.17, 15) is 4.79 Å². The normalized spacial score (nSPS) is 20.1. The summed E-state index contributed by atoms with van der Waals surface area (Å²) in [7, 11) is 1.27. The predicted octanol–water partition coefficient (Wildman–Crippen LogP) is 2.14. The lowest BCUT2D eigenvalue weighted by Crippen LogP contribution is -2.41. The Morgan fingerprint density at radius 2 is 2.18 bits per heavy atom. The fourth-order valence-corrected chi connectivity index (χ4v) is 2.42. The van der Waals surface area contributed by atoms with Gasteiger partial charge in [0.05, 0.1) is 7.11 Å². The number of ether oxygens (including phenoxy) is 1. The van der Waals surface area contributed by atoms with Crippen molar-refractivity contribution in [1.82, 2.24) is 0 Å². The van der Waals surface area contributed by atoms with Crippen LogP contribution in [0.1, 0.15) is 38.5 Å². The van der Waals surface area contributed by atoms with Gasteiger partial charge in [0.25, 0.3) is 0 Å². The minimum absolute atomic E-state index is 0.443. The molecule has 6 heteroatoms. The summed E-state index contributed by atoms with van der Waals surface area (Å²) in [5.74, 6) is -0.00842. The van der Waals surface area contributed by atoms with Gasteiger partial charge in [0.1, 0.15) is 6.04 Å². The highest BCUT2D eigenvalue weighted by Crippen LogP contribution is 2.27. The van der Waals surface area contributed by atoms with Gasteiger partial charge in [-0.3, -0.25) is 4.79 Å². The molecular weight excluding hydrogens is 220 g/mol. The van der Waals surface area contributed by atoms with Crippen LogP contribution in [0.4, 0.5) is 0 Å². The van der Waals surface area contributed by atoms with Crippen LogP contribution in [0.15, 0.2) is 5.11 Å². The summed E-state index contributed by atoms with van der Waals surface area (Å²) in [6.45, 7) is 0. The second kappa shape index (κ2) is 7.14. The predicted molar refractivity (Wildman–Crippen MR) is 64.1 cm³/mol. The largest absolute Gasteiger partial charge is 0.469 e. The quantitative estimate of drug-likeness (QED) is 0.344. The molecule has 0 bridgehead atoms. The summed E-state index contributed by atoms with van der Waals surface area (Å²) in [5, 5.41) is 3.44. The second-order valence-corrected chi connectivity index (χ2v) is 4.58. The average Bonchev–Trinajstić information content (AvgIpc) is 2.36. The standard InChI is InChI=1S/C11H20N4O2/c1-17-11(16)10(14-15-13)9(12)7-8-5-3-2-4-6-8/h8-10H,2-7,12H2,1H3/t9-,10+/m0/s1. The van der Waals surface area contributed by atoms with Crippen molar-refractivity contribution in [3.63, 3.8) is 0 Å². The maximum atomic E-state index is 11.4. The molecule has 0 aliphatic heterocycles. The number of carbonyl (C=O) groups is 1. The molecule has 1 aliphatic carbocycles. The Bertz CT molecular complexity index is 296. The smallest absolute Gasteiger partial charge is 0.316 e. The lowest BCUT2D eigenvalue weighted by molar-refractivity contribution is -0.142. The van der Waals surface area contributed by atoms with Crippen molar-refractivity contribution >= 4 is 5.97 Å². The van der Waals surface area contributed by atoms with E-state index in [-0.39, 0.29) is 0 Å². The van der Waals surface area contributed by atoms with Crippen LogP contribution in [0.25, 0.3) is 10.4 Å². The van der Waals surface area contributed by atoms with Crippen molar-refractivity contribution in [3.8, 4) is 0 Å². The third-order valence-electron chi connectivity index (χ3n) is 3.35. The van der Waals surface area contributed by atoms with Gasteiger partial charge in [-0.25, -0.2) is 0 Å². The Kier molecular flexibility index (Phi) is 5.80. The van der Waals surface area contributed by atoms with E-state index in [1.165, 1.54) is 26.4 Å². The number of carbonyl (C=O) groups excluding carboxylic acids is 1. The molecule has 0 aromatic rings. The number of rotatable bonds is 5. The molecule has 0 spiro atoms. The summed E-state index contributed by atoms with van der Waals surface area (Å²) in [6.07, 6.45) is 6.75. The third-order valence-corrected chi connectivity index (χ3v) is 3.35. The van der Waals surface area contributed by atoms with Crippen molar-refractivity contribution in [2.75, 3.05) is 7.11 Å². The zero-order valence-electron chi connectivity index (χ0n) is 10.2. The highest BCUT2D eigenvalue weighted by atomic mass is 16.5. The first kappa shape index (κ1) is 13.8. The number of methoxy groups -OCH3 is 1. The first-order chi connectivity index (χ1) is 8.19. The van der Waals surface area contributed by atoms with Crippen molar-refractivity contribution < 1.29 is 9.53 Å². The van der Waals surface area contributed by atoms with Crippen LogP contribution in [-0.4, -0.2) is 25.2 Å². The minimum atomic E-state index is -0.896. The van der Waals surface area contributed by atoms with E-state index < -0.39 is 18.1 Å². The first-order valence-electron chi connectivity index (χ1n) is 6.06. The molecule has 1 aliphatic rings. The van der Waals surface area contributed by atoms with Crippen LogP contribution in [0.2, 0.25) is 0 Å². The molecule has 96 valence electrons. The molecule has 1 rings (SSSR count). The van der Waals surface area contributed by atoms with Gasteiger partial charge in [0.15, 0.2) is 0 Å². The van der Waals surface area contributed by atoms with E-state index >= 15 is 0 Å². The van der Waals surface area contributed by atoms with Crippen LogP contribution in [0.5, 0.6) is 0 Å². The SMILES string of the molecule is COC(=O)[C@H](N=[N+]=[N-])[C@@H](N)CC1CCCCC1. The molecular formula is C11H20N4O2. The number of nitrogens with zero attached hydrogens (tertiary/aromatic N) is 3. The number of nitrogens with two attached hydrogens (primary N) is 1. The Morgan fingerprint density at radius 1 is 1.53 bits per heavy atom. The first-order valence-corrected chi connectivity index (χ1v) is 6.06. The van der Waals surface area contributed by atoms with Gasteiger partial charge in [-0.1, -0.05) is 37.2 Å². The van der Waals surface area contributed by atoms with Crippen LogP contribution in [-0.2, 0) is 9.53 Å². The Labute approximate surface area is 101 Å². The molecule has 0 amide bonds. The van der Waals surface area contributed by atoms with Crippen LogP contribution in [0, 0.1) is 5.92 Å². The van der Waals surface area contributed by atoms with Gasteiger partial charge in [-0.2, -0.15) is 0 Å². The summed E-state index contributed by atoms with van der Waals surface area (Å²) in [4.78, 5) is 14.1. The Morgan fingerprint density at radius 3 is 2.71 bits per heavy atom. The molecule has 2 N–H and O–H groups in total. The van der Waals surface area contributed by atoms with E-state index in [4.69, 9.17) is 11.3 Å². The molecule has 2 atom stereocenters. The highest BCUT2D eigenvalue weighted by molar-refractivity contribution is 5.76. The molecule has 6 nitrogen and oxygen atoms in total. The average molecular weight is 240 g/mol. The number of hydrogen-bond donors (Lipinski definition) is 1. The second-order valence-electron chi connectivity index (χ2n) is 4.58. The van der Waals surface area contributed by atoms with Gasteiger partial charge < -0.3 is 10.5 Å². The van der Waals surface area contributed by atoms with Crippen molar-refractivity contribution in [2.24, 2.45) is 16.8 Å². The van der Waals surface area contributed by atoms with Crippen LogP contribution >= 0.6 is 0 Å². The van der Waals surface area contributed by atoms with Gasteiger partial charge in [-0.15, -0.1) is 0 Å².